The number of imidazole rings is 1. The van der Waals surface area contributed by atoms with Gasteiger partial charge in [-0.25, -0.2) is 4.98 Å². The maximum Gasteiger partial charge on any atom is 0.146 e. The van der Waals surface area contributed by atoms with Crippen LogP contribution in [0.1, 0.15) is 11.4 Å². The molecule has 18 heavy (non-hydrogen) atoms. The first-order valence-corrected chi connectivity index (χ1v) is 5.61. The highest BCUT2D eigenvalue weighted by atomic mass is 16.5. The molecule has 1 aromatic carbocycles. The monoisotopic (exact) mass is 248 g/mol. The van der Waals surface area contributed by atoms with Crippen LogP contribution >= 0.6 is 0 Å². The Bertz CT molecular complexity index is 523. The van der Waals surface area contributed by atoms with E-state index in [1.807, 2.05) is 17.8 Å². The number of aliphatic hydroxyl groups excluding tert-OH is 1. The van der Waals surface area contributed by atoms with Crippen LogP contribution in [0.2, 0.25) is 0 Å². The molecule has 0 bridgehead atoms. The summed E-state index contributed by atoms with van der Waals surface area (Å²) in [5.41, 5.74) is 0.698. The summed E-state index contributed by atoms with van der Waals surface area (Å²) in [6.45, 7) is 0.274. The molecule has 1 heterocycles. The van der Waals surface area contributed by atoms with Crippen LogP contribution in [0.3, 0.4) is 0 Å². The predicted molar refractivity (Wildman–Crippen MR) is 66.5 cm³/mol. The number of rotatable bonds is 5. The molecule has 0 unspecified atom stereocenters. The van der Waals surface area contributed by atoms with Gasteiger partial charge in [-0.15, -0.1) is 0 Å². The normalized spacial score (nSPS) is 10.4. The van der Waals surface area contributed by atoms with Crippen molar-refractivity contribution in [2.24, 2.45) is 7.05 Å². The molecule has 0 saturated heterocycles. The van der Waals surface area contributed by atoms with Crippen molar-refractivity contribution < 1.29 is 14.6 Å². The van der Waals surface area contributed by atoms with Gasteiger partial charge in [-0.3, -0.25) is 0 Å². The molecule has 0 radical (unpaired) electrons. The van der Waals surface area contributed by atoms with Crippen LogP contribution in [0.4, 0.5) is 0 Å². The van der Waals surface area contributed by atoms with E-state index in [1.54, 1.807) is 31.5 Å². The van der Waals surface area contributed by atoms with Crippen molar-refractivity contribution >= 4 is 0 Å². The molecule has 0 aliphatic heterocycles. The highest BCUT2D eigenvalue weighted by Crippen LogP contribution is 2.24. The fourth-order valence-electron chi connectivity index (χ4n) is 1.63. The number of methoxy groups -OCH3 is 1. The number of hydrogen-bond donors (Lipinski definition) is 1. The largest absolute Gasteiger partial charge is 0.497 e. The number of aliphatic hydroxyl groups is 1. The SMILES string of the molecule is COc1ccc(OCc2nccn2C)c(CO)c1. The fraction of sp³-hybridized carbons (Fsp3) is 0.308. The van der Waals surface area contributed by atoms with Gasteiger partial charge in [0.15, 0.2) is 0 Å². The zero-order chi connectivity index (χ0) is 13.0. The molecule has 2 rings (SSSR count). The second kappa shape index (κ2) is 5.55. The van der Waals surface area contributed by atoms with E-state index in [1.165, 1.54) is 0 Å². The first kappa shape index (κ1) is 12.4. The Balaban J connectivity index is 2.11. The molecule has 0 aliphatic carbocycles. The Morgan fingerprint density at radius 2 is 2.22 bits per heavy atom. The van der Waals surface area contributed by atoms with Crippen molar-refractivity contribution in [1.82, 2.24) is 9.55 Å². The molecule has 2 aromatic rings. The summed E-state index contributed by atoms with van der Waals surface area (Å²) in [5, 5.41) is 9.29. The number of nitrogens with zero attached hydrogens (tertiary/aromatic N) is 2. The van der Waals surface area contributed by atoms with E-state index in [2.05, 4.69) is 4.98 Å². The van der Waals surface area contributed by atoms with Gasteiger partial charge in [-0.1, -0.05) is 0 Å². The third-order valence-electron chi connectivity index (χ3n) is 2.72. The Labute approximate surface area is 106 Å². The topological polar surface area (TPSA) is 56.5 Å². The lowest BCUT2D eigenvalue weighted by atomic mass is 10.2. The van der Waals surface area contributed by atoms with Crippen LogP contribution in [-0.2, 0) is 20.3 Å². The predicted octanol–water partition coefficient (Wildman–Crippen LogP) is 1.50. The summed E-state index contributed by atoms with van der Waals surface area (Å²) < 4.78 is 12.6. The lowest BCUT2D eigenvalue weighted by Gasteiger charge is -2.11. The van der Waals surface area contributed by atoms with Crippen LogP contribution in [0.15, 0.2) is 30.6 Å². The molecule has 1 aromatic heterocycles. The fourth-order valence-corrected chi connectivity index (χ4v) is 1.63. The van der Waals surface area contributed by atoms with E-state index >= 15 is 0 Å². The van der Waals surface area contributed by atoms with Crippen molar-refractivity contribution in [2.45, 2.75) is 13.2 Å². The van der Waals surface area contributed by atoms with E-state index in [0.29, 0.717) is 23.7 Å². The molecular weight excluding hydrogens is 232 g/mol. The van der Waals surface area contributed by atoms with Gasteiger partial charge in [-0.2, -0.15) is 0 Å². The molecule has 0 fully saturated rings. The molecule has 0 saturated carbocycles. The molecule has 96 valence electrons. The quantitative estimate of drug-likeness (QED) is 0.871. The maximum atomic E-state index is 9.29. The van der Waals surface area contributed by atoms with Gasteiger partial charge < -0.3 is 19.1 Å². The summed E-state index contributed by atoms with van der Waals surface area (Å²) in [4.78, 5) is 4.17. The molecule has 0 amide bonds. The van der Waals surface area contributed by atoms with E-state index in [9.17, 15) is 5.11 Å². The van der Waals surface area contributed by atoms with Crippen LogP contribution in [0.25, 0.3) is 0 Å². The van der Waals surface area contributed by atoms with Gasteiger partial charge in [-0.05, 0) is 18.2 Å². The van der Waals surface area contributed by atoms with Crippen molar-refractivity contribution in [2.75, 3.05) is 7.11 Å². The molecular formula is C13H16N2O3. The lowest BCUT2D eigenvalue weighted by molar-refractivity contribution is 0.253. The summed E-state index contributed by atoms with van der Waals surface area (Å²) in [6, 6.07) is 5.34. The van der Waals surface area contributed by atoms with Crippen molar-refractivity contribution in [3.8, 4) is 11.5 Å². The first-order valence-electron chi connectivity index (χ1n) is 5.61. The minimum Gasteiger partial charge on any atom is -0.497 e. The average Bonchev–Trinajstić information content (AvgIpc) is 2.81. The number of ether oxygens (including phenoxy) is 2. The third kappa shape index (κ3) is 2.62. The van der Waals surface area contributed by atoms with Crippen molar-refractivity contribution in [1.29, 1.82) is 0 Å². The Morgan fingerprint density at radius 3 is 2.83 bits per heavy atom. The Hall–Kier alpha value is -2.01. The molecule has 0 aliphatic rings. The summed E-state index contributed by atoms with van der Waals surface area (Å²) in [5.74, 6) is 2.17. The zero-order valence-electron chi connectivity index (χ0n) is 10.5. The Morgan fingerprint density at radius 1 is 1.39 bits per heavy atom. The standard InChI is InChI=1S/C13H16N2O3/c1-15-6-5-14-13(15)9-18-12-4-3-11(17-2)7-10(12)8-16/h3-7,16H,8-9H2,1-2H3. The molecule has 1 N–H and O–H groups in total. The van der Waals surface area contributed by atoms with Gasteiger partial charge >= 0.3 is 0 Å². The van der Waals surface area contributed by atoms with Crippen molar-refractivity contribution in [3.63, 3.8) is 0 Å². The van der Waals surface area contributed by atoms with Gasteiger partial charge in [0.25, 0.3) is 0 Å². The second-order valence-electron chi connectivity index (χ2n) is 3.87. The van der Waals surface area contributed by atoms with Crippen molar-refractivity contribution in [3.05, 3.63) is 42.0 Å². The van der Waals surface area contributed by atoms with E-state index < -0.39 is 0 Å². The minimum absolute atomic E-state index is 0.0902. The maximum absolute atomic E-state index is 9.29. The van der Waals surface area contributed by atoms with Gasteiger partial charge in [0, 0.05) is 25.0 Å². The average molecular weight is 248 g/mol. The molecule has 0 atom stereocenters. The first-order chi connectivity index (χ1) is 8.74. The molecule has 0 spiro atoms. The van der Waals surface area contributed by atoms with E-state index in [-0.39, 0.29) is 6.61 Å². The van der Waals surface area contributed by atoms with Gasteiger partial charge in [0.1, 0.15) is 23.9 Å². The second-order valence-corrected chi connectivity index (χ2v) is 3.87. The van der Waals surface area contributed by atoms with Crippen LogP contribution in [0, 0.1) is 0 Å². The number of benzene rings is 1. The van der Waals surface area contributed by atoms with Crippen LogP contribution < -0.4 is 9.47 Å². The Kier molecular flexibility index (Phi) is 3.84. The minimum atomic E-state index is -0.0902. The number of aromatic nitrogens is 2. The van der Waals surface area contributed by atoms with E-state index in [0.717, 1.165) is 5.82 Å². The summed E-state index contributed by atoms with van der Waals surface area (Å²) >= 11 is 0. The lowest BCUT2D eigenvalue weighted by Crippen LogP contribution is -2.04. The molecule has 5 heteroatoms. The van der Waals surface area contributed by atoms with Gasteiger partial charge in [0.05, 0.1) is 13.7 Å². The third-order valence-corrected chi connectivity index (χ3v) is 2.72. The number of aryl methyl sites for hydroxylation is 1. The highest BCUT2D eigenvalue weighted by molar-refractivity contribution is 5.39. The molecule has 5 nitrogen and oxygen atoms in total. The highest BCUT2D eigenvalue weighted by Gasteiger charge is 2.06. The summed E-state index contributed by atoms with van der Waals surface area (Å²) in [6.07, 6.45) is 3.58. The van der Waals surface area contributed by atoms with E-state index in [4.69, 9.17) is 9.47 Å². The van der Waals surface area contributed by atoms with Crippen LogP contribution in [-0.4, -0.2) is 21.8 Å². The smallest absolute Gasteiger partial charge is 0.146 e. The van der Waals surface area contributed by atoms with Gasteiger partial charge in [0.2, 0.25) is 0 Å². The number of hydrogen-bond acceptors (Lipinski definition) is 4. The summed E-state index contributed by atoms with van der Waals surface area (Å²) in [7, 11) is 3.50. The zero-order valence-corrected chi connectivity index (χ0v) is 10.5. The van der Waals surface area contributed by atoms with Crippen LogP contribution in [0.5, 0.6) is 11.5 Å².